The van der Waals surface area contributed by atoms with Gasteiger partial charge < -0.3 is 5.32 Å². The van der Waals surface area contributed by atoms with E-state index in [0.29, 0.717) is 4.88 Å². The van der Waals surface area contributed by atoms with E-state index >= 15 is 0 Å². The molecule has 3 N–H and O–H groups in total. The first-order valence-electron chi connectivity index (χ1n) is 5.45. The zero-order valence-corrected chi connectivity index (χ0v) is 12.0. The van der Waals surface area contributed by atoms with Crippen molar-refractivity contribution < 1.29 is 26.4 Å². The van der Waals surface area contributed by atoms with E-state index in [-0.39, 0.29) is 10.6 Å². The fraction of sp³-hybridized carbons (Fsp3) is 0.500. The van der Waals surface area contributed by atoms with Crippen molar-refractivity contribution in [3.63, 3.8) is 0 Å². The SMILES string of the molecule is CC(CC(F)(F)F)NC(=O)Cc1ccc(S(N)(=O)=O)s1. The Morgan fingerprint density at radius 2 is 2.05 bits per heavy atom. The average molecular weight is 330 g/mol. The van der Waals surface area contributed by atoms with E-state index in [0.717, 1.165) is 11.3 Å². The Hall–Kier alpha value is -1.13. The summed E-state index contributed by atoms with van der Waals surface area (Å²) < 4.78 is 58.2. The van der Waals surface area contributed by atoms with Crippen LogP contribution in [0.4, 0.5) is 13.2 Å². The Bertz CT molecular complexity index is 581. The number of primary sulfonamides is 1. The summed E-state index contributed by atoms with van der Waals surface area (Å²) in [5, 5.41) is 7.11. The van der Waals surface area contributed by atoms with Crippen LogP contribution in [0.2, 0.25) is 0 Å². The molecule has 1 amide bonds. The maximum absolute atomic E-state index is 12.1. The number of nitrogens with one attached hydrogen (secondary N) is 1. The van der Waals surface area contributed by atoms with Gasteiger partial charge in [-0.25, -0.2) is 13.6 Å². The van der Waals surface area contributed by atoms with Crippen LogP contribution < -0.4 is 10.5 Å². The summed E-state index contributed by atoms with van der Waals surface area (Å²) in [6.07, 6.45) is -5.66. The number of halogens is 3. The minimum absolute atomic E-state index is 0.0939. The second-order valence-electron chi connectivity index (χ2n) is 4.23. The second kappa shape index (κ2) is 6.10. The summed E-state index contributed by atoms with van der Waals surface area (Å²) in [5.41, 5.74) is 0. The highest BCUT2D eigenvalue weighted by Gasteiger charge is 2.30. The standard InChI is InChI=1S/C10H13F3N2O3S2/c1-6(5-10(11,12)13)15-8(16)4-7-2-3-9(19-7)20(14,17)18/h2-3,6H,4-5H2,1H3,(H,15,16)(H2,14,17,18). The molecule has 1 aromatic rings. The molecular weight excluding hydrogens is 317 g/mol. The molecule has 5 nitrogen and oxygen atoms in total. The third-order valence-electron chi connectivity index (χ3n) is 2.20. The van der Waals surface area contributed by atoms with Crippen LogP contribution in [0.3, 0.4) is 0 Å². The number of sulfonamides is 1. The van der Waals surface area contributed by atoms with Crippen LogP contribution in [0, 0.1) is 0 Å². The van der Waals surface area contributed by atoms with Crippen molar-refractivity contribution in [1.29, 1.82) is 0 Å². The van der Waals surface area contributed by atoms with Crippen molar-refractivity contribution >= 4 is 27.3 Å². The Labute approximate surface area is 118 Å². The van der Waals surface area contributed by atoms with Gasteiger partial charge in [0.1, 0.15) is 4.21 Å². The highest BCUT2D eigenvalue weighted by Crippen LogP contribution is 2.22. The van der Waals surface area contributed by atoms with Crippen molar-refractivity contribution in [3.05, 3.63) is 17.0 Å². The third kappa shape index (κ3) is 5.88. The molecule has 1 rings (SSSR count). The number of carbonyl (C=O) groups is 1. The van der Waals surface area contributed by atoms with Crippen LogP contribution in [0.25, 0.3) is 0 Å². The number of alkyl halides is 3. The number of nitrogens with two attached hydrogens (primary N) is 1. The summed E-state index contributed by atoms with van der Waals surface area (Å²) >= 11 is 0.812. The zero-order valence-electron chi connectivity index (χ0n) is 10.4. The van der Waals surface area contributed by atoms with Gasteiger partial charge in [0, 0.05) is 10.9 Å². The lowest BCUT2D eigenvalue weighted by atomic mass is 10.2. The molecule has 20 heavy (non-hydrogen) atoms. The Morgan fingerprint density at radius 3 is 2.50 bits per heavy atom. The monoisotopic (exact) mass is 330 g/mol. The molecule has 0 radical (unpaired) electrons. The molecule has 1 heterocycles. The van der Waals surface area contributed by atoms with Crippen LogP contribution in [0.15, 0.2) is 16.3 Å². The molecular formula is C10H13F3N2O3S2. The lowest BCUT2D eigenvalue weighted by molar-refractivity contribution is -0.141. The number of hydrogen-bond donors (Lipinski definition) is 2. The molecule has 0 saturated carbocycles. The number of hydrogen-bond acceptors (Lipinski definition) is 4. The predicted molar refractivity (Wildman–Crippen MR) is 67.7 cm³/mol. The van der Waals surface area contributed by atoms with Crippen LogP contribution in [0.5, 0.6) is 0 Å². The first-order chi connectivity index (χ1) is 8.97. The molecule has 0 aliphatic heterocycles. The van der Waals surface area contributed by atoms with E-state index in [1.807, 2.05) is 0 Å². The van der Waals surface area contributed by atoms with Gasteiger partial charge in [0.2, 0.25) is 15.9 Å². The van der Waals surface area contributed by atoms with Gasteiger partial charge >= 0.3 is 6.18 Å². The molecule has 1 aromatic heterocycles. The van der Waals surface area contributed by atoms with E-state index in [9.17, 15) is 26.4 Å². The van der Waals surface area contributed by atoms with E-state index in [2.05, 4.69) is 5.32 Å². The van der Waals surface area contributed by atoms with Gasteiger partial charge in [-0.3, -0.25) is 4.79 Å². The molecule has 0 aliphatic rings. The first-order valence-corrected chi connectivity index (χ1v) is 7.81. The predicted octanol–water partition coefficient (Wildman–Crippen LogP) is 1.40. The molecule has 10 heteroatoms. The van der Waals surface area contributed by atoms with Crippen LogP contribution in [-0.4, -0.2) is 26.5 Å². The van der Waals surface area contributed by atoms with Crippen molar-refractivity contribution in [2.24, 2.45) is 5.14 Å². The first kappa shape index (κ1) is 16.9. The van der Waals surface area contributed by atoms with Gasteiger partial charge in [0.05, 0.1) is 12.8 Å². The van der Waals surface area contributed by atoms with Gasteiger partial charge in [-0.2, -0.15) is 13.2 Å². The molecule has 0 bridgehead atoms. The summed E-state index contributed by atoms with van der Waals surface area (Å²) in [4.78, 5) is 11.9. The smallest absolute Gasteiger partial charge is 0.353 e. The third-order valence-corrected chi connectivity index (χ3v) is 4.72. The van der Waals surface area contributed by atoms with Gasteiger partial charge in [-0.1, -0.05) is 0 Å². The molecule has 1 atom stereocenters. The van der Waals surface area contributed by atoms with Crippen molar-refractivity contribution in [2.45, 2.75) is 36.2 Å². The maximum Gasteiger partial charge on any atom is 0.391 e. The molecule has 114 valence electrons. The topological polar surface area (TPSA) is 89.3 Å². The second-order valence-corrected chi connectivity index (χ2v) is 7.19. The summed E-state index contributed by atoms with van der Waals surface area (Å²) in [6.45, 7) is 1.25. The molecule has 0 aliphatic carbocycles. The number of amides is 1. The Kier molecular flexibility index (Phi) is 5.16. The quantitative estimate of drug-likeness (QED) is 0.855. The van der Waals surface area contributed by atoms with Gasteiger partial charge in [-0.15, -0.1) is 11.3 Å². The molecule has 0 aromatic carbocycles. The minimum atomic E-state index is -4.35. The van der Waals surface area contributed by atoms with Crippen LogP contribution >= 0.6 is 11.3 Å². The number of rotatable bonds is 5. The van der Waals surface area contributed by atoms with E-state index in [4.69, 9.17) is 5.14 Å². The molecule has 0 saturated heterocycles. The van der Waals surface area contributed by atoms with E-state index in [1.165, 1.54) is 19.1 Å². The average Bonchev–Trinajstić information content (AvgIpc) is 2.61. The molecule has 0 spiro atoms. The van der Waals surface area contributed by atoms with Gasteiger partial charge in [0.25, 0.3) is 0 Å². The Balaban J connectivity index is 2.57. The number of carbonyl (C=O) groups excluding carboxylic acids is 1. The van der Waals surface area contributed by atoms with Gasteiger partial charge in [0.15, 0.2) is 0 Å². The van der Waals surface area contributed by atoms with Crippen molar-refractivity contribution in [2.75, 3.05) is 0 Å². The largest absolute Gasteiger partial charge is 0.391 e. The van der Waals surface area contributed by atoms with Crippen molar-refractivity contribution in [1.82, 2.24) is 5.32 Å². The van der Waals surface area contributed by atoms with Gasteiger partial charge in [-0.05, 0) is 19.1 Å². The lowest BCUT2D eigenvalue weighted by Gasteiger charge is -2.15. The van der Waals surface area contributed by atoms with Crippen LogP contribution in [-0.2, 0) is 21.2 Å². The zero-order chi connectivity index (χ0) is 15.6. The fourth-order valence-electron chi connectivity index (χ4n) is 1.49. The van der Waals surface area contributed by atoms with Crippen molar-refractivity contribution in [3.8, 4) is 0 Å². The maximum atomic E-state index is 12.1. The highest BCUT2D eigenvalue weighted by atomic mass is 32.2. The minimum Gasteiger partial charge on any atom is -0.353 e. The Morgan fingerprint density at radius 1 is 1.45 bits per heavy atom. The van der Waals surface area contributed by atoms with E-state index < -0.39 is 34.6 Å². The number of thiophene rings is 1. The van der Waals surface area contributed by atoms with E-state index in [1.54, 1.807) is 0 Å². The highest BCUT2D eigenvalue weighted by molar-refractivity contribution is 7.91. The van der Waals surface area contributed by atoms with Crippen LogP contribution in [0.1, 0.15) is 18.2 Å². The summed E-state index contributed by atoms with van der Waals surface area (Å²) in [6, 6.07) is 1.61. The fourth-order valence-corrected chi connectivity index (χ4v) is 3.27. The lowest BCUT2D eigenvalue weighted by Crippen LogP contribution is -2.36. The molecule has 1 unspecified atom stereocenters. The molecule has 0 fully saturated rings. The normalized spacial score (nSPS) is 14.1. The summed E-state index contributed by atoms with van der Waals surface area (Å²) in [5.74, 6) is -0.607. The summed E-state index contributed by atoms with van der Waals surface area (Å²) in [7, 11) is -3.83.